The third-order valence-electron chi connectivity index (χ3n) is 2.94. The summed E-state index contributed by atoms with van der Waals surface area (Å²) in [6.45, 7) is 0. The normalized spacial score (nSPS) is 29.1. The van der Waals surface area contributed by atoms with E-state index < -0.39 is 27.5 Å². The number of fused-ring (bicyclic) bond motifs is 2. The smallest absolute Gasteiger partial charge is 0.381 e. The highest BCUT2D eigenvalue weighted by Gasteiger charge is 2.50. The molecule has 3 aliphatic carbocycles. The van der Waals surface area contributed by atoms with Gasteiger partial charge in [0, 0.05) is 18.3 Å². The second-order valence-corrected chi connectivity index (χ2v) is 5.64. The highest BCUT2D eigenvalue weighted by atomic mass is 32.2. The second kappa shape index (κ2) is 3.72. The monoisotopic (exact) mass is 270 g/mol. The molecule has 0 unspecified atom stereocenters. The van der Waals surface area contributed by atoms with E-state index in [2.05, 4.69) is 4.18 Å². The number of halogens is 3. The van der Waals surface area contributed by atoms with E-state index >= 15 is 0 Å². The number of hydrogen-bond acceptors (Lipinski definition) is 4. The molecule has 0 spiro atoms. The molecule has 1 fully saturated rings. The van der Waals surface area contributed by atoms with Gasteiger partial charge in [-0.25, -0.2) is 0 Å². The van der Waals surface area contributed by atoms with E-state index in [9.17, 15) is 26.4 Å². The average molecular weight is 270 g/mol. The van der Waals surface area contributed by atoms with Crippen molar-refractivity contribution in [3.63, 3.8) is 0 Å². The van der Waals surface area contributed by atoms with Gasteiger partial charge < -0.3 is 4.18 Å². The summed E-state index contributed by atoms with van der Waals surface area (Å²) in [6.07, 6.45) is 2.28. The number of rotatable bonds is 2. The fourth-order valence-electron chi connectivity index (χ4n) is 2.06. The number of alkyl halides is 3. The van der Waals surface area contributed by atoms with Crippen molar-refractivity contribution in [3.8, 4) is 0 Å². The zero-order chi connectivity index (χ0) is 12.8. The Morgan fingerprint density at radius 2 is 1.94 bits per heavy atom. The largest absolute Gasteiger partial charge is 0.534 e. The third-order valence-corrected chi connectivity index (χ3v) is 3.92. The van der Waals surface area contributed by atoms with Crippen LogP contribution in [0.3, 0.4) is 0 Å². The summed E-state index contributed by atoms with van der Waals surface area (Å²) in [7, 11) is -5.62. The van der Waals surface area contributed by atoms with Crippen LogP contribution >= 0.6 is 0 Å². The van der Waals surface area contributed by atoms with Crippen LogP contribution in [0.2, 0.25) is 0 Å². The number of allylic oxidation sites excluding steroid dienone is 2. The van der Waals surface area contributed by atoms with E-state index in [1.807, 2.05) is 0 Å². The van der Waals surface area contributed by atoms with Gasteiger partial charge in [0.05, 0.1) is 0 Å². The van der Waals surface area contributed by atoms with Gasteiger partial charge in [-0.15, -0.1) is 0 Å². The van der Waals surface area contributed by atoms with Gasteiger partial charge >= 0.3 is 15.6 Å². The first-order valence-electron chi connectivity index (χ1n) is 4.96. The molecule has 2 atom stereocenters. The summed E-state index contributed by atoms with van der Waals surface area (Å²) in [4.78, 5) is 11.3. The first kappa shape index (κ1) is 12.4. The van der Waals surface area contributed by atoms with E-state index in [1.165, 1.54) is 6.08 Å². The SMILES string of the molecule is O=C1C[C@H]2CC[C@@H]1C=C2OS(=O)(=O)C(F)(F)F. The molecule has 0 N–H and O–H groups in total. The predicted octanol–water partition coefficient (Wildman–Crippen LogP) is 1.74. The van der Waals surface area contributed by atoms with E-state index in [0.29, 0.717) is 12.8 Å². The summed E-state index contributed by atoms with van der Waals surface area (Å²) in [5, 5.41) is 0. The van der Waals surface area contributed by atoms with Crippen LogP contribution < -0.4 is 0 Å². The van der Waals surface area contributed by atoms with Crippen molar-refractivity contribution in [1.82, 2.24) is 0 Å². The number of hydrogen-bond donors (Lipinski definition) is 0. The van der Waals surface area contributed by atoms with Gasteiger partial charge in [-0.3, -0.25) is 4.79 Å². The maximum Gasteiger partial charge on any atom is 0.534 e. The molecule has 0 amide bonds. The van der Waals surface area contributed by atoms with E-state index in [4.69, 9.17) is 0 Å². The van der Waals surface area contributed by atoms with Crippen LogP contribution in [-0.2, 0) is 19.1 Å². The Balaban J connectivity index is 2.22. The van der Waals surface area contributed by atoms with Gasteiger partial charge in [0.25, 0.3) is 0 Å². The van der Waals surface area contributed by atoms with Crippen LogP contribution in [0.15, 0.2) is 11.8 Å². The van der Waals surface area contributed by atoms with Crippen molar-refractivity contribution in [3.05, 3.63) is 11.8 Å². The van der Waals surface area contributed by atoms with E-state index in [-0.39, 0.29) is 18.0 Å². The molecule has 2 bridgehead atoms. The maximum absolute atomic E-state index is 12.1. The number of ketones is 1. The highest BCUT2D eigenvalue weighted by molar-refractivity contribution is 7.87. The summed E-state index contributed by atoms with van der Waals surface area (Å²) in [6, 6.07) is 0. The van der Waals surface area contributed by atoms with Crippen LogP contribution in [0.5, 0.6) is 0 Å². The van der Waals surface area contributed by atoms with Crippen LogP contribution in [0, 0.1) is 11.8 Å². The quantitative estimate of drug-likeness (QED) is 0.566. The average Bonchev–Trinajstić information content (AvgIpc) is 2.17. The number of Topliss-reactive ketones (excluding diaryl/α,β-unsaturated/α-hetero) is 1. The second-order valence-electron chi connectivity index (χ2n) is 4.10. The lowest BCUT2D eigenvalue weighted by atomic mass is 9.74. The van der Waals surface area contributed by atoms with Gasteiger partial charge in [-0.05, 0) is 18.9 Å². The Labute approximate surface area is 95.6 Å². The molecule has 0 saturated heterocycles. The third kappa shape index (κ3) is 2.18. The van der Waals surface area contributed by atoms with Crippen molar-refractivity contribution in [2.24, 2.45) is 11.8 Å². The van der Waals surface area contributed by atoms with E-state index in [1.54, 1.807) is 0 Å². The topological polar surface area (TPSA) is 60.4 Å². The molecule has 4 nitrogen and oxygen atoms in total. The summed E-state index contributed by atoms with van der Waals surface area (Å²) < 4.78 is 62.0. The summed E-state index contributed by atoms with van der Waals surface area (Å²) >= 11 is 0. The molecule has 0 radical (unpaired) electrons. The first-order chi connectivity index (χ1) is 7.71. The van der Waals surface area contributed by atoms with Crippen molar-refractivity contribution < 1.29 is 30.6 Å². The lowest BCUT2D eigenvalue weighted by molar-refractivity contribution is -0.125. The predicted molar refractivity (Wildman–Crippen MR) is 50.0 cm³/mol. The maximum atomic E-state index is 12.1. The Morgan fingerprint density at radius 3 is 2.35 bits per heavy atom. The Morgan fingerprint density at radius 1 is 1.29 bits per heavy atom. The minimum atomic E-state index is -5.62. The zero-order valence-corrected chi connectivity index (χ0v) is 9.35. The Bertz CT molecular complexity index is 477. The van der Waals surface area contributed by atoms with Crippen molar-refractivity contribution >= 4 is 15.9 Å². The van der Waals surface area contributed by atoms with Crippen LogP contribution in [0.4, 0.5) is 13.2 Å². The molecule has 1 saturated carbocycles. The van der Waals surface area contributed by atoms with Crippen LogP contribution in [-0.4, -0.2) is 19.7 Å². The molecule has 3 rings (SSSR count). The molecule has 0 aromatic rings. The summed E-state index contributed by atoms with van der Waals surface area (Å²) in [5.41, 5.74) is -5.44. The molecule has 17 heavy (non-hydrogen) atoms. The van der Waals surface area contributed by atoms with E-state index in [0.717, 1.165) is 0 Å². The minimum absolute atomic E-state index is 0.0594. The standard InChI is InChI=1S/C9H9F3O4S/c10-9(11,12)17(14,15)16-8-4-5-1-2-6(8)3-7(5)13/h4-6H,1-3H2/t5-,6-/m1/s1. The van der Waals surface area contributed by atoms with Gasteiger partial charge in [0.2, 0.25) is 0 Å². The lowest BCUT2D eigenvalue weighted by Gasteiger charge is -2.33. The number of carbonyl (C=O) groups is 1. The molecule has 0 aromatic carbocycles. The zero-order valence-electron chi connectivity index (χ0n) is 8.53. The van der Waals surface area contributed by atoms with Crippen molar-refractivity contribution in [1.29, 1.82) is 0 Å². The van der Waals surface area contributed by atoms with Crippen LogP contribution in [0.1, 0.15) is 19.3 Å². The number of carbonyl (C=O) groups excluding carboxylic acids is 1. The summed E-state index contributed by atoms with van der Waals surface area (Å²) in [5.74, 6) is -1.35. The fraction of sp³-hybridized carbons (Fsp3) is 0.667. The van der Waals surface area contributed by atoms with Gasteiger partial charge in [0.15, 0.2) is 0 Å². The highest BCUT2D eigenvalue weighted by Crippen LogP contribution is 2.41. The molecule has 0 heterocycles. The van der Waals surface area contributed by atoms with Crippen molar-refractivity contribution in [2.45, 2.75) is 24.8 Å². The fourth-order valence-corrected chi connectivity index (χ4v) is 2.60. The minimum Gasteiger partial charge on any atom is -0.381 e. The van der Waals surface area contributed by atoms with Gasteiger partial charge in [-0.2, -0.15) is 21.6 Å². The molecular weight excluding hydrogens is 261 g/mol. The molecule has 3 aliphatic rings. The first-order valence-corrected chi connectivity index (χ1v) is 6.37. The molecular formula is C9H9F3O4S. The lowest BCUT2D eigenvalue weighted by Crippen LogP contribution is -2.34. The van der Waals surface area contributed by atoms with Gasteiger partial charge in [0.1, 0.15) is 11.5 Å². The van der Waals surface area contributed by atoms with Crippen molar-refractivity contribution in [2.75, 3.05) is 0 Å². The molecule has 96 valence electrons. The molecule has 0 aliphatic heterocycles. The van der Waals surface area contributed by atoms with Gasteiger partial charge in [-0.1, -0.05) is 0 Å². The van der Waals surface area contributed by atoms with Crippen LogP contribution in [0.25, 0.3) is 0 Å². The Hall–Kier alpha value is -1.05. The molecule has 0 aromatic heterocycles. The Kier molecular flexibility index (Phi) is 2.72. The molecule has 8 heteroatoms.